The van der Waals surface area contributed by atoms with Crippen LogP contribution in [0.15, 0.2) is 24.4 Å². The zero-order chi connectivity index (χ0) is 13.3. The maximum atomic E-state index is 12.4. The minimum absolute atomic E-state index is 0.0865. The molecule has 1 N–H and O–H groups in total. The predicted molar refractivity (Wildman–Crippen MR) is 59.4 cm³/mol. The van der Waals surface area contributed by atoms with Crippen LogP contribution in [-0.4, -0.2) is 16.3 Å². The molecule has 0 spiro atoms. The van der Waals surface area contributed by atoms with Crippen LogP contribution in [0, 0.1) is 0 Å². The third kappa shape index (κ3) is 2.38. The van der Waals surface area contributed by atoms with Gasteiger partial charge in [-0.05, 0) is 18.2 Å². The molecule has 0 amide bonds. The van der Waals surface area contributed by atoms with Crippen molar-refractivity contribution in [2.75, 3.05) is 0 Å². The first kappa shape index (κ1) is 12.6. The second-order valence-electron chi connectivity index (χ2n) is 3.50. The number of aromatic nitrogens is 2. The summed E-state index contributed by atoms with van der Waals surface area (Å²) in [5.74, 6) is 0.246. The van der Waals surface area contributed by atoms with E-state index in [1.54, 1.807) is 0 Å². The fourth-order valence-corrected chi connectivity index (χ4v) is 1.69. The lowest BCUT2D eigenvalue weighted by Gasteiger charge is -2.08. The lowest BCUT2D eigenvalue weighted by atomic mass is 10.1. The molecule has 0 aliphatic carbocycles. The molecular weight excluding hydrogens is 269 g/mol. The summed E-state index contributed by atoms with van der Waals surface area (Å²) < 4.78 is 37.3. The van der Waals surface area contributed by atoms with Gasteiger partial charge in [-0.1, -0.05) is 11.6 Å². The van der Waals surface area contributed by atoms with Crippen molar-refractivity contribution in [3.63, 3.8) is 0 Å². The van der Waals surface area contributed by atoms with E-state index >= 15 is 0 Å². The smallest absolute Gasteiger partial charge is 0.336 e. The summed E-state index contributed by atoms with van der Waals surface area (Å²) >= 11 is 5.77. The Bertz CT molecular complexity index is 592. The van der Waals surface area contributed by atoms with Gasteiger partial charge in [0.2, 0.25) is 0 Å². The van der Waals surface area contributed by atoms with E-state index in [9.17, 15) is 18.0 Å². The highest BCUT2D eigenvalue weighted by Gasteiger charge is 2.31. The van der Waals surface area contributed by atoms with E-state index in [0.29, 0.717) is 11.8 Å². The lowest BCUT2D eigenvalue weighted by molar-refractivity contribution is -0.137. The molecule has 0 aliphatic rings. The number of imidazole rings is 1. The minimum atomic E-state index is -4.45. The van der Waals surface area contributed by atoms with E-state index in [-0.39, 0.29) is 16.5 Å². The first-order chi connectivity index (χ1) is 8.41. The number of hydrogen-bond acceptors (Lipinski definition) is 2. The predicted octanol–water partition coefficient (Wildman–Crippen LogP) is 3.56. The molecule has 0 saturated carbocycles. The van der Waals surface area contributed by atoms with Gasteiger partial charge in [0.15, 0.2) is 6.29 Å². The normalized spacial score (nSPS) is 11.6. The first-order valence-corrected chi connectivity index (χ1v) is 5.17. The van der Waals surface area contributed by atoms with Crippen molar-refractivity contribution in [1.82, 2.24) is 9.97 Å². The molecule has 94 valence electrons. The highest BCUT2D eigenvalue weighted by atomic mass is 35.5. The number of benzene rings is 1. The Morgan fingerprint density at radius 2 is 2.06 bits per heavy atom. The van der Waals surface area contributed by atoms with Crippen molar-refractivity contribution in [3.05, 3.63) is 40.7 Å². The molecular formula is C11H6ClF3N2O. The Morgan fingerprint density at radius 1 is 1.33 bits per heavy atom. The van der Waals surface area contributed by atoms with E-state index in [0.717, 1.165) is 12.1 Å². The molecule has 3 nitrogen and oxygen atoms in total. The molecule has 1 aromatic carbocycles. The summed E-state index contributed by atoms with van der Waals surface area (Å²) in [6, 6.07) is 2.93. The number of hydrogen-bond donors (Lipinski definition) is 1. The summed E-state index contributed by atoms with van der Waals surface area (Å²) in [6.07, 6.45) is -2.62. The number of carbonyl (C=O) groups is 1. The zero-order valence-electron chi connectivity index (χ0n) is 8.75. The van der Waals surface area contributed by atoms with Crippen LogP contribution in [-0.2, 0) is 6.18 Å². The average Bonchev–Trinajstić information content (AvgIpc) is 2.76. The van der Waals surface area contributed by atoms with E-state index in [1.165, 1.54) is 12.3 Å². The summed E-state index contributed by atoms with van der Waals surface area (Å²) in [4.78, 5) is 17.0. The van der Waals surface area contributed by atoms with Gasteiger partial charge in [-0.3, -0.25) is 4.79 Å². The van der Waals surface area contributed by atoms with Crippen LogP contribution in [0.1, 0.15) is 16.1 Å². The number of alkyl halides is 3. The van der Waals surface area contributed by atoms with Gasteiger partial charge in [0.1, 0.15) is 5.82 Å². The maximum absolute atomic E-state index is 12.4. The van der Waals surface area contributed by atoms with E-state index in [4.69, 9.17) is 11.6 Å². The second kappa shape index (κ2) is 4.45. The highest BCUT2D eigenvalue weighted by molar-refractivity contribution is 6.33. The van der Waals surface area contributed by atoms with Crippen molar-refractivity contribution in [2.45, 2.75) is 6.18 Å². The average molecular weight is 275 g/mol. The fraction of sp³-hybridized carbons (Fsp3) is 0.0909. The van der Waals surface area contributed by atoms with Crippen LogP contribution in [0.2, 0.25) is 5.02 Å². The Kier molecular flexibility index (Phi) is 3.13. The Hall–Kier alpha value is -1.82. The largest absolute Gasteiger partial charge is 0.416 e. The highest BCUT2D eigenvalue weighted by Crippen LogP contribution is 2.34. The van der Waals surface area contributed by atoms with Crippen LogP contribution in [0.3, 0.4) is 0 Å². The van der Waals surface area contributed by atoms with Crippen molar-refractivity contribution in [3.8, 4) is 11.4 Å². The fourth-order valence-electron chi connectivity index (χ4n) is 1.42. The van der Waals surface area contributed by atoms with Gasteiger partial charge in [0.05, 0.1) is 22.5 Å². The Labute approximate surface area is 105 Å². The van der Waals surface area contributed by atoms with Gasteiger partial charge < -0.3 is 4.98 Å². The molecule has 2 rings (SSSR count). The van der Waals surface area contributed by atoms with Crippen LogP contribution >= 0.6 is 11.6 Å². The number of carbonyl (C=O) groups excluding carboxylic acids is 1. The topological polar surface area (TPSA) is 45.8 Å². The maximum Gasteiger partial charge on any atom is 0.416 e. The molecule has 0 saturated heterocycles. The monoisotopic (exact) mass is 274 g/mol. The van der Waals surface area contributed by atoms with Crippen LogP contribution < -0.4 is 0 Å². The number of aromatic amines is 1. The number of rotatable bonds is 2. The molecule has 7 heteroatoms. The van der Waals surface area contributed by atoms with Crippen LogP contribution in [0.5, 0.6) is 0 Å². The third-order valence-electron chi connectivity index (χ3n) is 2.27. The number of H-pyrrole nitrogens is 1. The molecule has 0 atom stereocenters. The summed E-state index contributed by atoms with van der Waals surface area (Å²) in [6.45, 7) is 0. The lowest BCUT2D eigenvalue weighted by Crippen LogP contribution is -2.04. The molecule has 0 radical (unpaired) electrons. The van der Waals surface area contributed by atoms with Gasteiger partial charge >= 0.3 is 6.18 Å². The number of nitrogens with one attached hydrogen (secondary N) is 1. The van der Waals surface area contributed by atoms with Gasteiger partial charge in [-0.25, -0.2) is 4.98 Å². The van der Waals surface area contributed by atoms with Gasteiger partial charge in [0.25, 0.3) is 0 Å². The molecule has 0 bridgehead atoms. The molecule has 18 heavy (non-hydrogen) atoms. The molecule has 1 heterocycles. The molecule has 0 unspecified atom stereocenters. The van der Waals surface area contributed by atoms with E-state index in [1.807, 2.05) is 0 Å². The van der Waals surface area contributed by atoms with Crippen molar-refractivity contribution >= 4 is 17.9 Å². The molecule has 2 aromatic rings. The quantitative estimate of drug-likeness (QED) is 0.851. The van der Waals surface area contributed by atoms with Gasteiger partial charge in [-0.2, -0.15) is 13.2 Å². The molecule has 1 aromatic heterocycles. The van der Waals surface area contributed by atoms with Crippen molar-refractivity contribution in [1.29, 1.82) is 0 Å². The number of halogens is 4. The summed E-state index contributed by atoms with van der Waals surface area (Å²) in [5, 5.41) is -0.0865. The molecule has 0 fully saturated rings. The standard InChI is InChI=1S/C11H6ClF3N2O/c12-9-3-6(11(13,14)15)1-2-8(9)10-16-4-7(5-18)17-10/h1-5H,(H,16,17). The van der Waals surface area contributed by atoms with E-state index in [2.05, 4.69) is 9.97 Å². The van der Waals surface area contributed by atoms with Gasteiger partial charge in [0, 0.05) is 5.56 Å². The summed E-state index contributed by atoms with van der Waals surface area (Å²) in [7, 11) is 0. The van der Waals surface area contributed by atoms with Crippen molar-refractivity contribution < 1.29 is 18.0 Å². The Balaban J connectivity index is 2.44. The van der Waals surface area contributed by atoms with Crippen LogP contribution in [0.25, 0.3) is 11.4 Å². The SMILES string of the molecule is O=Cc1cnc(-c2ccc(C(F)(F)F)cc2Cl)[nH]1. The zero-order valence-corrected chi connectivity index (χ0v) is 9.51. The van der Waals surface area contributed by atoms with Crippen molar-refractivity contribution in [2.24, 2.45) is 0 Å². The molecule has 0 aliphatic heterocycles. The first-order valence-electron chi connectivity index (χ1n) is 4.79. The second-order valence-corrected chi connectivity index (χ2v) is 3.90. The van der Waals surface area contributed by atoms with Crippen LogP contribution in [0.4, 0.5) is 13.2 Å². The Morgan fingerprint density at radius 3 is 2.56 bits per heavy atom. The summed E-state index contributed by atoms with van der Waals surface area (Å²) in [5.41, 5.74) is -0.308. The van der Waals surface area contributed by atoms with E-state index < -0.39 is 11.7 Å². The third-order valence-corrected chi connectivity index (χ3v) is 2.59. The van der Waals surface area contributed by atoms with Gasteiger partial charge in [-0.15, -0.1) is 0 Å². The minimum Gasteiger partial charge on any atom is -0.336 e. The number of nitrogens with zero attached hydrogens (tertiary/aromatic N) is 1. The number of aldehydes is 1.